The van der Waals surface area contributed by atoms with Crippen molar-refractivity contribution in [3.63, 3.8) is 0 Å². The maximum absolute atomic E-state index is 14.0. The average Bonchev–Trinajstić information content (AvgIpc) is 2.83. The van der Waals surface area contributed by atoms with Crippen molar-refractivity contribution in [3.05, 3.63) is 59.7 Å². The van der Waals surface area contributed by atoms with E-state index in [0.29, 0.717) is 19.5 Å². The van der Waals surface area contributed by atoms with Gasteiger partial charge in [0.05, 0.1) is 6.10 Å². The second kappa shape index (κ2) is 5.83. The lowest BCUT2D eigenvalue weighted by Gasteiger charge is -2.24. The van der Waals surface area contributed by atoms with E-state index in [1.54, 1.807) is 12.4 Å². The molecule has 21 heavy (non-hydrogen) atoms. The standard InChI is InChI=1S/C15H15F2N3O/c16-11-1-2-14(17)13(3-11)15-4-12(21)8-20(15)7-10-5-18-9-19-6-10/h1-3,5-6,9,12,15,21H,4,7-8H2/t12-,15+/m1/s1. The molecule has 0 radical (unpaired) electrons. The second-order valence-electron chi connectivity index (χ2n) is 5.25. The fourth-order valence-corrected chi connectivity index (χ4v) is 2.79. The summed E-state index contributed by atoms with van der Waals surface area (Å²) in [4.78, 5) is 9.80. The molecule has 1 aliphatic heterocycles. The van der Waals surface area contributed by atoms with Gasteiger partial charge in [-0.15, -0.1) is 0 Å². The molecule has 1 aliphatic rings. The molecule has 1 fully saturated rings. The Kier molecular flexibility index (Phi) is 3.90. The predicted octanol–water partition coefficient (Wildman–Crippen LogP) is 2.06. The van der Waals surface area contributed by atoms with E-state index in [0.717, 1.165) is 17.7 Å². The first-order valence-corrected chi connectivity index (χ1v) is 6.74. The SMILES string of the molecule is O[C@@H]1C[C@@H](c2cc(F)ccc2F)N(Cc2cncnc2)C1. The molecular formula is C15H15F2N3O. The maximum Gasteiger partial charge on any atom is 0.128 e. The highest BCUT2D eigenvalue weighted by atomic mass is 19.1. The highest BCUT2D eigenvalue weighted by Crippen LogP contribution is 2.34. The van der Waals surface area contributed by atoms with E-state index in [1.165, 1.54) is 12.4 Å². The Hall–Kier alpha value is -1.92. The number of hydrogen-bond donors (Lipinski definition) is 1. The van der Waals surface area contributed by atoms with Gasteiger partial charge in [-0.25, -0.2) is 18.7 Å². The zero-order valence-electron chi connectivity index (χ0n) is 11.3. The molecule has 1 saturated heterocycles. The number of nitrogens with zero attached hydrogens (tertiary/aromatic N) is 3. The lowest BCUT2D eigenvalue weighted by atomic mass is 10.0. The first kappa shape index (κ1) is 14.0. The van der Waals surface area contributed by atoms with Crippen molar-refractivity contribution in [1.82, 2.24) is 14.9 Å². The van der Waals surface area contributed by atoms with E-state index in [2.05, 4.69) is 9.97 Å². The molecule has 3 rings (SSSR count). The number of aromatic nitrogens is 2. The van der Waals surface area contributed by atoms with Gasteiger partial charge in [-0.3, -0.25) is 4.90 Å². The van der Waals surface area contributed by atoms with Crippen LogP contribution in [0.2, 0.25) is 0 Å². The fraction of sp³-hybridized carbons (Fsp3) is 0.333. The van der Waals surface area contributed by atoms with Gasteiger partial charge in [0, 0.05) is 42.7 Å². The topological polar surface area (TPSA) is 49.2 Å². The predicted molar refractivity (Wildman–Crippen MR) is 72.2 cm³/mol. The van der Waals surface area contributed by atoms with Crippen LogP contribution in [-0.2, 0) is 6.54 Å². The zero-order chi connectivity index (χ0) is 14.8. The van der Waals surface area contributed by atoms with E-state index in [9.17, 15) is 13.9 Å². The summed E-state index contributed by atoms with van der Waals surface area (Å²) in [7, 11) is 0. The molecule has 0 unspecified atom stereocenters. The van der Waals surface area contributed by atoms with Crippen LogP contribution in [0.3, 0.4) is 0 Å². The van der Waals surface area contributed by atoms with Gasteiger partial charge in [0.15, 0.2) is 0 Å². The molecule has 0 aliphatic carbocycles. The minimum absolute atomic E-state index is 0.281. The third kappa shape index (κ3) is 3.06. The first-order valence-electron chi connectivity index (χ1n) is 6.74. The van der Waals surface area contributed by atoms with Gasteiger partial charge in [-0.05, 0) is 24.6 Å². The minimum atomic E-state index is -0.553. The summed E-state index contributed by atoms with van der Waals surface area (Å²) in [5, 5.41) is 9.88. The van der Waals surface area contributed by atoms with Crippen molar-refractivity contribution in [2.24, 2.45) is 0 Å². The Morgan fingerprint density at radius 2 is 2.00 bits per heavy atom. The molecule has 1 aromatic heterocycles. The fourth-order valence-electron chi connectivity index (χ4n) is 2.79. The van der Waals surface area contributed by atoms with Crippen LogP contribution in [0.25, 0.3) is 0 Å². The summed E-state index contributed by atoms with van der Waals surface area (Å²) in [5.74, 6) is -0.930. The van der Waals surface area contributed by atoms with Crippen molar-refractivity contribution in [2.75, 3.05) is 6.54 Å². The molecule has 0 bridgehead atoms. The van der Waals surface area contributed by atoms with E-state index in [4.69, 9.17) is 0 Å². The average molecular weight is 291 g/mol. The molecule has 4 nitrogen and oxygen atoms in total. The lowest BCUT2D eigenvalue weighted by molar-refractivity contribution is 0.172. The van der Waals surface area contributed by atoms with Crippen LogP contribution in [-0.4, -0.2) is 32.6 Å². The number of hydrogen-bond acceptors (Lipinski definition) is 4. The monoisotopic (exact) mass is 291 g/mol. The summed E-state index contributed by atoms with van der Waals surface area (Å²) < 4.78 is 27.3. The Balaban J connectivity index is 1.87. The molecule has 110 valence electrons. The zero-order valence-corrected chi connectivity index (χ0v) is 11.3. The molecule has 1 aromatic carbocycles. The smallest absolute Gasteiger partial charge is 0.128 e. The Morgan fingerprint density at radius 1 is 1.24 bits per heavy atom. The second-order valence-corrected chi connectivity index (χ2v) is 5.25. The quantitative estimate of drug-likeness (QED) is 0.940. The number of halogens is 2. The van der Waals surface area contributed by atoms with Crippen molar-refractivity contribution in [2.45, 2.75) is 25.1 Å². The van der Waals surface area contributed by atoms with Crippen molar-refractivity contribution in [1.29, 1.82) is 0 Å². The van der Waals surface area contributed by atoms with Gasteiger partial charge in [0.2, 0.25) is 0 Å². The van der Waals surface area contributed by atoms with Crippen molar-refractivity contribution in [3.8, 4) is 0 Å². The van der Waals surface area contributed by atoms with Gasteiger partial charge in [0.25, 0.3) is 0 Å². The highest BCUT2D eigenvalue weighted by molar-refractivity contribution is 5.24. The van der Waals surface area contributed by atoms with E-state index >= 15 is 0 Å². The third-order valence-corrected chi connectivity index (χ3v) is 3.70. The van der Waals surface area contributed by atoms with Crippen LogP contribution in [0, 0.1) is 11.6 Å². The Morgan fingerprint density at radius 3 is 2.76 bits per heavy atom. The number of rotatable bonds is 3. The molecule has 0 saturated carbocycles. The molecule has 0 spiro atoms. The van der Waals surface area contributed by atoms with Gasteiger partial charge in [-0.2, -0.15) is 0 Å². The molecule has 1 N–H and O–H groups in total. The van der Waals surface area contributed by atoms with Crippen LogP contribution in [0.5, 0.6) is 0 Å². The summed E-state index contributed by atoms with van der Waals surface area (Å²) in [5.41, 5.74) is 1.15. The molecule has 6 heteroatoms. The van der Waals surface area contributed by atoms with Gasteiger partial charge < -0.3 is 5.11 Å². The van der Waals surface area contributed by atoms with Crippen molar-refractivity contribution < 1.29 is 13.9 Å². The van der Waals surface area contributed by atoms with E-state index < -0.39 is 17.7 Å². The van der Waals surface area contributed by atoms with E-state index in [1.807, 2.05) is 4.90 Å². The summed E-state index contributed by atoms with van der Waals surface area (Å²) in [6, 6.07) is 3.07. The molecule has 2 heterocycles. The molecule has 2 atom stereocenters. The number of likely N-dealkylation sites (tertiary alicyclic amines) is 1. The van der Waals surface area contributed by atoms with Crippen LogP contribution >= 0.6 is 0 Å². The lowest BCUT2D eigenvalue weighted by Crippen LogP contribution is -2.25. The van der Waals surface area contributed by atoms with Gasteiger partial charge in [-0.1, -0.05) is 0 Å². The minimum Gasteiger partial charge on any atom is -0.392 e. The maximum atomic E-state index is 14.0. The largest absolute Gasteiger partial charge is 0.392 e. The number of β-amino-alcohol motifs (C(OH)–C–C–N with tert-alkyl or cyclic N) is 1. The molecule has 0 amide bonds. The van der Waals surface area contributed by atoms with Crippen LogP contribution in [0.4, 0.5) is 8.78 Å². The third-order valence-electron chi connectivity index (χ3n) is 3.70. The normalized spacial score (nSPS) is 22.6. The van der Waals surface area contributed by atoms with Crippen LogP contribution < -0.4 is 0 Å². The summed E-state index contributed by atoms with van der Waals surface area (Å²) >= 11 is 0. The Bertz CT molecular complexity index is 624. The number of aliphatic hydroxyl groups is 1. The molecular weight excluding hydrogens is 276 g/mol. The van der Waals surface area contributed by atoms with Gasteiger partial charge in [0.1, 0.15) is 18.0 Å². The molecule has 2 aromatic rings. The van der Waals surface area contributed by atoms with Crippen molar-refractivity contribution >= 4 is 0 Å². The highest BCUT2D eigenvalue weighted by Gasteiger charge is 2.33. The Labute approximate surface area is 121 Å². The van der Waals surface area contributed by atoms with Crippen LogP contribution in [0.15, 0.2) is 36.9 Å². The van der Waals surface area contributed by atoms with Gasteiger partial charge >= 0.3 is 0 Å². The summed E-state index contributed by atoms with van der Waals surface area (Å²) in [6.07, 6.45) is 4.62. The van der Waals surface area contributed by atoms with Crippen LogP contribution in [0.1, 0.15) is 23.6 Å². The van der Waals surface area contributed by atoms with E-state index in [-0.39, 0.29) is 11.6 Å². The number of aliphatic hydroxyl groups excluding tert-OH is 1. The first-order chi connectivity index (χ1) is 10.1. The summed E-state index contributed by atoms with van der Waals surface area (Å²) in [6.45, 7) is 0.897. The number of benzene rings is 1.